The Balaban J connectivity index is 2.19. The van der Waals surface area contributed by atoms with Gasteiger partial charge in [-0.2, -0.15) is 0 Å². The number of nitrogens with one attached hydrogen (secondary N) is 1. The molecule has 6 heteroatoms. The molecule has 0 radical (unpaired) electrons. The highest BCUT2D eigenvalue weighted by atomic mass is 16.5. The Hall–Kier alpha value is -3.02. The third-order valence-corrected chi connectivity index (χ3v) is 4.54. The topological polar surface area (TPSA) is 67.9 Å². The minimum absolute atomic E-state index is 0.0974. The highest BCUT2D eigenvalue weighted by Crippen LogP contribution is 2.28. The highest BCUT2D eigenvalue weighted by Gasteiger charge is 2.22. The zero-order valence-corrected chi connectivity index (χ0v) is 18.0. The average Bonchev–Trinajstić information content (AvgIpc) is 2.70. The first kappa shape index (κ1) is 22.3. The fraction of sp³-hybridized carbons (Fsp3) is 0.391. The monoisotopic (exact) mass is 398 g/mol. The summed E-state index contributed by atoms with van der Waals surface area (Å²) in [7, 11) is 3.17. The summed E-state index contributed by atoms with van der Waals surface area (Å²) in [4.78, 5) is 27.0. The Morgan fingerprint density at radius 2 is 1.69 bits per heavy atom. The van der Waals surface area contributed by atoms with Crippen LogP contribution in [0.25, 0.3) is 0 Å². The Labute approximate surface area is 172 Å². The van der Waals surface area contributed by atoms with Crippen LogP contribution in [0.2, 0.25) is 0 Å². The highest BCUT2D eigenvalue weighted by molar-refractivity contribution is 5.98. The molecule has 1 N–H and O–H groups in total. The quantitative estimate of drug-likeness (QED) is 0.753. The normalized spacial score (nSPS) is 11.0. The molecule has 0 unspecified atom stereocenters. The second-order valence-corrected chi connectivity index (χ2v) is 7.79. The summed E-state index contributed by atoms with van der Waals surface area (Å²) < 4.78 is 10.6. The fourth-order valence-corrected chi connectivity index (χ4v) is 2.76. The molecule has 6 nitrogen and oxygen atoms in total. The Morgan fingerprint density at radius 3 is 2.28 bits per heavy atom. The Morgan fingerprint density at radius 1 is 1.00 bits per heavy atom. The first-order valence-corrected chi connectivity index (χ1v) is 9.61. The summed E-state index contributed by atoms with van der Waals surface area (Å²) in [5, 5.41) is 2.87. The number of hydrogen-bond acceptors (Lipinski definition) is 4. The molecule has 0 aliphatic heterocycles. The van der Waals surface area contributed by atoms with Crippen LogP contribution in [0.3, 0.4) is 0 Å². The van der Waals surface area contributed by atoms with Gasteiger partial charge in [0.15, 0.2) is 11.5 Å². The van der Waals surface area contributed by atoms with Crippen molar-refractivity contribution in [2.45, 2.75) is 34.2 Å². The van der Waals surface area contributed by atoms with E-state index in [0.29, 0.717) is 35.8 Å². The van der Waals surface area contributed by atoms with Gasteiger partial charge in [-0.05, 0) is 42.8 Å². The van der Waals surface area contributed by atoms with Crippen molar-refractivity contribution in [2.24, 2.45) is 5.41 Å². The van der Waals surface area contributed by atoms with E-state index in [1.807, 2.05) is 45.9 Å². The SMILES string of the molecule is CCN(Cc1ccc(OC)c(OC)c1)C(=O)c1cccc(NC(=O)C(C)(C)C)c1. The van der Waals surface area contributed by atoms with Crippen molar-refractivity contribution >= 4 is 17.5 Å². The molecule has 0 aliphatic rings. The molecule has 156 valence electrons. The number of amides is 2. The zero-order chi connectivity index (χ0) is 21.6. The van der Waals surface area contributed by atoms with E-state index in [-0.39, 0.29) is 11.8 Å². The van der Waals surface area contributed by atoms with E-state index >= 15 is 0 Å². The van der Waals surface area contributed by atoms with Gasteiger partial charge in [-0.15, -0.1) is 0 Å². The average molecular weight is 399 g/mol. The number of rotatable bonds is 7. The number of carbonyl (C=O) groups is 2. The number of hydrogen-bond donors (Lipinski definition) is 1. The van der Waals surface area contributed by atoms with Crippen molar-refractivity contribution in [2.75, 3.05) is 26.1 Å². The largest absolute Gasteiger partial charge is 0.493 e. The molecular weight excluding hydrogens is 368 g/mol. The van der Waals surface area contributed by atoms with Gasteiger partial charge in [0, 0.05) is 29.8 Å². The Bertz CT molecular complexity index is 871. The van der Waals surface area contributed by atoms with Crippen LogP contribution in [-0.2, 0) is 11.3 Å². The molecule has 0 aromatic heterocycles. The minimum Gasteiger partial charge on any atom is -0.493 e. The van der Waals surface area contributed by atoms with Gasteiger partial charge in [0.05, 0.1) is 14.2 Å². The lowest BCUT2D eigenvalue weighted by Crippen LogP contribution is -2.31. The van der Waals surface area contributed by atoms with Crippen molar-refractivity contribution in [3.05, 3.63) is 53.6 Å². The van der Waals surface area contributed by atoms with E-state index < -0.39 is 5.41 Å². The molecule has 0 bridgehead atoms. The van der Waals surface area contributed by atoms with E-state index in [0.717, 1.165) is 5.56 Å². The number of anilines is 1. The van der Waals surface area contributed by atoms with E-state index in [2.05, 4.69) is 5.32 Å². The van der Waals surface area contributed by atoms with Crippen LogP contribution in [0, 0.1) is 5.41 Å². The van der Waals surface area contributed by atoms with Gasteiger partial charge < -0.3 is 19.7 Å². The number of nitrogens with zero attached hydrogens (tertiary/aromatic N) is 1. The first-order valence-electron chi connectivity index (χ1n) is 9.61. The molecule has 0 heterocycles. The Kier molecular flexibility index (Phi) is 7.26. The van der Waals surface area contributed by atoms with Crippen LogP contribution in [0.5, 0.6) is 11.5 Å². The lowest BCUT2D eigenvalue weighted by molar-refractivity contribution is -0.123. The summed E-state index contributed by atoms with van der Waals surface area (Å²) in [6, 6.07) is 12.6. The van der Waals surface area contributed by atoms with Gasteiger partial charge in [0.2, 0.25) is 5.91 Å². The maximum Gasteiger partial charge on any atom is 0.254 e. The first-order chi connectivity index (χ1) is 13.7. The molecule has 0 spiro atoms. The molecular formula is C23H30N2O4. The number of methoxy groups -OCH3 is 2. The molecule has 0 fully saturated rings. The predicted molar refractivity (Wildman–Crippen MR) is 114 cm³/mol. The van der Waals surface area contributed by atoms with Gasteiger partial charge in [0.25, 0.3) is 5.91 Å². The summed E-state index contributed by atoms with van der Waals surface area (Å²) in [5.74, 6) is 1.07. The van der Waals surface area contributed by atoms with Gasteiger partial charge >= 0.3 is 0 Å². The second kappa shape index (κ2) is 9.45. The molecule has 0 atom stereocenters. The molecule has 0 aliphatic carbocycles. The molecule has 2 aromatic carbocycles. The third-order valence-electron chi connectivity index (χ3n) is 4.54. The van der Waals surface area contributed by atoms with Crippen molar-refractivity contribution in [1.29, 1.82) is 0 Å². The molecule has 0 saturated heterocycles. The lowest BCUT2D eigenvalue weighted by Gasteiger charge is -2.22. The smallest absolute Gasteiger partial charge is 0.254 e. The summed E-state index contributed by atoms with van der Waals surface area (Å²) in [5.41, 5.74) is 1.56. The second-order valence-electron chi connectivity index (χ2n) is 7.79. The predicted octanol–water partition coefficient (Wildman–Crippen LogP) is 4.35. The summed E-state index contributed by atoms with van der Waals surface area (Å²) in [6.45, 7) is 8.46. The van der Waals surface area contributed by atoms with Crippen molar-refractivity contribution in [1.82, 2.24) is 4.90 Å². The molecule has 0 saturated carbocycles. The maximum absolute atomic E-state index is 13.1. The van der Waals surface area contributed by atoms with E-state index in [1.165, 1.54) is 0 Å². The summed E-state index contributed by atoms with van der Waals surface area (Å²) in [6.07, 6.45) is 0. The van der Waals surface area contributed by atoms with Gasteiger partial charge in [-0.25, -0.2) is 0 Å². The van der Waals surface area contributed by atoms with Crippen molar-refractivity contribution in [3.8, 4) is 11.5 Å². The molecule has 2 rings (SSSR count). The van der Waals surface area contributed by atoms with Crippen LogP contribution >= 0.6 is 0 Å². The molecule has 2 amide bonds. The van der Waals surface area contributed by atoms with E-state index in [1.54, 1.807) is 43.4 Å². The van der Waals surface area contributed by atoms with Gasteiger partial charge in [-0.3, -0.25) is 9.59 Å². The number of ether oxygens (including phenoxy) is 2. The third kappa shape index (κ3) is 5.73. The van der Waals surface area contributed by atoms with Gasteiger partial charge in [-0.1, -0.05) is 32.9 Å². The van der Waals surface area contributed by atoms with E-state index in [4.69, 9.17) is 9.47 Å². The maximum atomic E-state index is 13.1. The van der Waals surface area contributed by atoms with Crippen molar-refractivity contribution in [3.63, 3.8) is 0 Å². The van der Waals surface area contributed by atoms with E-state index in [9.17, 15) is 9.59 Å². The molecule has 29 heavy (non-hydrogen) atoms. The van der Waals surface area contributed by atoms with Crippen LogP contribution in [0.15, 0.2) is 42.5 Å². The minimum atomic E-state index is -0.511. The number of benzene rings is 2. The number of carbonyl (C=O) groups excluding carboxylic acids is 2. The fourth-order valence-electron chi connectivity index (χ4n) is 2.76. The zero-order valence-electron chi connectivity index (χ0n) is 18.0. The summed E-state index contributed by atoms with van der Waals surface area (Å²) >= 11 is 0. The standard InChI is InChI=1S/C23H30N2O4/c1-7-25(15-16-11-12-19(28-5)20(13-16)29-6)21(26)17-9-8-10-18(14-17)24-22(27)23(2,3)4/h8-14H,7,15H2,1-6H3,(H,24,27). The van der Waals surface area contributed by atoms with Gasteiger partial charge in [0.1, 0.15) is 0 Å². The van der Waals surface area contributed by atoms with Crippen LogP contribution < -0.4 is 14.8 Å². The van der Waals surface area contributed by atoms with Crippen molar-refractivity contribution < 1.29 is 19.1 Å². The molecule has 2 aromatic rings. The van der Waals surface area contributed by atoms with Crippen LogP contribution in [-0.4, -0.2) is 37.5 Å². The lowest BCUT2D eigenvalue weighted by atomic mass is 9.95. The van der Waals surface area contributed by atoms with Crippen LogP contribution in [0.1, 0.15) is 43.6 Å². The van der Waals surface area contributed by atoms with Crippen LogP contribution in [0.4, 0.5) is 5.69 Å².